The molecule has 0 radical (unpaired) electrons. The summed E-state index contributed by atoms with van der Waals surface area (Å²) < 4.78 is 10.7. The molecule has 1 N–H and O–H groups in total. The van der Waals surface area contributed by atoms with Gasteiger partial charge in [0.15, 0.2) is 11.5 Å². The van der Waals surface area contributed by atoms with Gasteiger partial charge in [-0.15, -0.1) is 0 Å². The van der Waals surface area contributed by atoms with Gasteiger partial charge in [-0.1, -0.05) is 13.8 Å². The quantitative estimate of drug-likeness (QED) is 0.859. The Kier molecular flexibility index (Phi) is 2.55. The van der Waals surface area contributed by atoms with E-state index in [4.69, 9.17) is 9.47 Å². The van der Waals surface area contributed by atoms with Crippen LogP contribution in [0.25, 0.3) is 0 Å². The first-order chi connectivity index (χ1) is 10.0. The smallest absolute Gasteiger partial charge is 0.231 e. The maximum atomic E-state index is 12.5. The van der Waals surface area contributed by atoms with E-state index in [1.54, 1.807) is 0 Å². The largest absolute Gasteiger partial charge is 0.454 e. The average molecular weight is 286 g/mol. The summed E-state index contributed by atoms with van der Waals surface area (Å²) in [5.74, 6) is 1.61. The molecule has 5 nitrogen and oxygen atoms in total. The predicted octanol–water partition coefficient (Wildman–Crippen LogP) is 2.10. The van der Waals surface area contributed by atoms with Crippen molar-refractivity contribution in [1.82, 2.24) is 5.43 Å². The molecule has 1 aromatic carbocycles. The molecular weight excluding hydrogens is 268 g/mol. The fraction of sp³-hybridized carbons (Fsp3) is 0.500. The van der Waals surface area contributed by atoms with Gasteiger partial charge in [0, 0.05) is 12.0 Å². The van der Waals surface area contributed by atoms with Crippen LogP contribution in [0.1, 0.15) is 32.3 Å². The van der Waals surface area contributed by atoms with Gasteiger partial charge in [-0.25, -0.2) is 0 Å². The van der Waals surface area contributed by atoms with E-state index >= 15 is 0 Å². The molecule has 1 aromatic rings. The molecule has 2 heterocycles. The highest BCUT2D eigenvalue weighted by atomic mass is 16.7. The highest BCUT2D eigenvalue weighted by Gasteiger charge is 2.46. The summed E-state index contributed by atoms with van der Waals surface area (Å²) in [5, 5.41) is 4.44. The summed E-state index contributed by atoms with van der Waals surface area (Å²) in [4.78, 5) is 12.5. The summed E-state index contributed by atoms with van der Waals surface area (Å²) in [5.41, 5.74) is 4.97. The summed E-state index contributed by atoms with van der Waals surface area (Å²) >= 11 is 0. The van der Waals surface area contributed by atoms with Gasteiger partial charge in [-0.05, 0) is 30.0 Å². The highest BCUT2D eigenvalue weighted by Crippen LogP contribution is 2.40. The van der Waals surface area contributed by atoms with Crippen molar-refractivity contribution < 1.29 is 14.3 Å². The molecule has 3 aliphatic rings. The van der Waals surface area contributed by atoms with Crippen LogP contribution in [0.2, 0.25) is 0 Å². The highest BCUT2D eigenvalue weighted by molar-refractivity contribution is 6.15. The van der Waals surface area contributed by atoms with Crippen LogP contribution in [0.15, 0.2) is 23.3 Å². The van der Waals surface area contributed by atoms with Crippen LogP contribution >= 0.6 is 0 Å². The minimum atomic E-state index is -0.140. The van der Waals surface area contributed by atoms with Crippen LogP contribution < -0.4 is 14.9 Å². The van der Waals surface area contributed by atoms with E-state index in [0.29, 0.717) is 6.42 Å². The molecule has 0 unspecified atom stereocenters. The van der Waals surface area contributed by atoms with Crippen molar-refractivity contribution in [1.29, 1.82) is 0 Å². The first-order valence-corrected chi connectivity index (χ1v) is 7.29. The SMILES string of the molecule is CC1(C)CC(=O)[C@H]2C(c3ccc4c(c3)OCO4)=NN[C@H]2C1. The minimum Gasteiger partial charge on any atom is -0.454 e. The van der Waals surface area contributed by atoms with E-state index in [1.165, 1.54) is 0 Å². The molecule has 0 saturated heterocycles. The molecule has 1 saturated carbocycles. The second kappa shape index (κ2) is 4.23. The van der Waals surface area contributed by atoms with E-state index in [1.807, 2.05) is 18.2 Å². The molecule has 2 atom stereocenters. The Balaban J connectivity index is 1.66. The molecule has 2 aliphatic heterocycles. The first-order valence-electron chi connectivity index (χ1n) is 7.29. The van der Waals surface area contributed by atoms with Gasteiger partial charge in [0.2, 0.25) is 6.79 Å². The Bertz CT molecular complexity index is 651. The fourth-order valence-electron chi connectivity index (χ4n) is 3.58. The third-order valence-electron chi connectivity index (χ3n) is 4.49. The Morgan fingerprint density at radius 3 is 2.95 bits per heavy atom. The molecule has 4 rings (SSSR count). The molecule has 1 fully saturated rings. The van der Waals surface area contributed by atoms with Crippen LogP contribution in [0.4, 0.5) is 0 Å². The minimum absolute atomic E-state index is 0.0467. The zero-order chi connectivity index (χ0) is 14.6. The summed E-state index contributed by atoms with van der Waals surface area (Å²) in [6.07, 6.45) is 1.57. The Morgan fingerprint density at radius 2 is 2.10 bits per heavy atom. The van der Waals surface area contributed by atoms with Crippen LogP contribution in [-0.4, -0.2) is 24.3 Å². The maximum Gasteiger partial charge on any atom is 0.231 e. The Labute approximate surface area is 123 Å². The topological polar surface area (TPSA) is 59.9 Å². The number of ketones is 1. The molecule has 1 aliphatic carbocycles. The van der Waals surface area contributed by atoms with E-state index in [0.717, 1.165) is 29.2 Å². The van der Waals surface area contributed by atoms with E-state index in [-0.39, 0.29) is 30.0 Å². The molecule has 0 bridgehead atoms. The van der Waals surface area contributed by atoms with Crippen molar-refractivity contribution in [3.05, 3.63) is 23.8 Å². The van der Waals surface area contributed by atoms with Gasteiger partial charge < -0.3 is 14.9 Å². The first kappa shape index (κ1) is 12.7. The predicted molar refractivity (Wildman–Crippen MR) is 77.5 cm³/mol. The lowest BCUT2D eigenvalue weighted by Crippen LogP contribution is -2.45. The number of rotatable bonds is 1. The third-order valence-corrected chi connectivity index (χ3v) is 4.49. The second-order valence-electron chi connectivity index (χ2n) is 6.79. The molecule has 110 valence electrons. The number of hydrazone groups is 1. The van der Waals surface area contributed by atoms with Gasteiger partial charge in [0.25, 0.3) is 0 Å². The summed E-state index contributed by atoms with van der Waals surface area (Å²) in [6.45, 7) is 4.53. The lowest BCUT2D eigenvalue weighted by Gasteiger charge is -2.36. The van der Waals surface area contributed by atoms with Crippen molar-refractivity contribution >= 4 is 11.5 Å². The average Bonchev–Trinajstić information content (AvgIpc) is 3.01. The molecular formula is C16H18N2O3. The van der Waals surface area contributed by atoms with Crippen LogP contribution in [0, 0.1) is 11.3 Å². The number of Topliss-reactive ketones (excluding diaryl/α,β-unsaturated/α-hetero) is 1. The number of nitrogens with zero attached hydrogens (tertiary/aromatic N) is 1. The van der Waals surface area contributed by atoms with Crippen molar-refractivity contribution in [2.24, 2.45) is 16.4 Å². The molecule has 5 heteroatoms. The zero-order valence-electron chi connectivity index (χ0n) is 12.2. The van der Waals surface area contributed by atoms with Gasteiger partial charge >= 0.3 is 0 Å². The molecule has 0 aromatic heterocycles. The number of carbonyl (C=O) groups is 1. The van der Waals surface area contributed by atoms with E-state index in [2.05, 4.69) is 24.4 Å². The monoisotopic (exact) mass is 286 g/mol. The summed E-state index contributed by atoms with van der Waals surface area (Å²) in [7, 11) is 0. The second-order valence-corrected chi connectivity index (χ2v) is 6.79. The number of benzene rings is 1. The molecule has 0 spiro atoms. The molecule has 21 heavy (non-hydrogen) atoms. The number of carbonyl (C=O) groups excluding carboxylic acids is 1. The Morgan fingerprint density at radius 1 is 1.29 bits per heavy atom. The van der Waals surface area contributed by atoms with Crippen LogP contribution in [0.3, 0.4) is 0 Å². The number of ether oxygens (including phenoxy) is 2. The van der Waals surface area contributed by atoms with Gasteiger partial charge in [-0.2, -0.15) is 5.10 Å². The summed E-state index contributed by atoms with van der Waals surface area (Å²) in [6, 6.07) is 5.86. The molecule has 0 amide bonds. The third kappa shape index (κ3) is 1.99. The van der Waals surface area contributed by atoms with Crippen molar-refractivity contribution in [3.63, 3.8) is 0 Å². The van der Waals surface area contributed by atoms with Crippen LogP contribution in [0.5, 0.6) is 11.5 Å². The van der Waals surface area contributed by atoms with Crippen molar-refractivity contribution in [2.75, 3.05) is 6.79 Å². The fourth-order valence-corrected chi connectivity index (χ4v) is 3.58. The number of fused-ring (bicyclic) bond motifs is 2. The van der Waals surface area contributed by atoms with E-state index in [9.17, 15) is 4.79 Å². The standard InChI is InChI=1S/C16H18N2O3/c1-16(2)6-10-14(11(19)7-16)15(18-17-10)9-3-4-12-13(5-9)21-8-20-12/h3-5,10,14,17H,6-8H2,1-2H3/t10-,14-/m0/s1. The normalized spacial score (nSPS) is 28.9. The number of hydrogen-bond donors (Lipinski definition) is 1. The van der Waals surface area contributed by atoms with Gasteiger partial charge in [0.05, 0.1) is 17.7 Å². The van der Waals surface area contributed by atoms with Crippen molar-refractivity contribution in [2.45, 2.75) is 32.7 Å². The van der Waals surface area contributed by atoms with Crippen LogP contribution in [-0.2, 0) is 4.79 Å². The maximum absolute atomic E-state index is 12.5. The lowest BCUT2D eigenvalue weighted by atomic mass is 9.68. The number of hydrogen-bond acceptors (Lipinski definition) is 5. The van der Waals surface area contributed by atoms with Gasteiger partial charge in [-0.3, -0.25) is 4.79 Å². The lowest BCUT2D eigenvalue weighted by molar-refractivity contribution is -0.126. The van der Waals surface area contributed by atoms with Crippen molar-refractivity contribution in [3.8, 4) is 11.5 Å². The Hall–Kier alpha value is -2.04. The van der Waals surface area contributed by atoms with Gasteiger partial charge in [0.1, 0.15) is 5.78 Å². The zero-order valence-corrected chi connectivity index (χ0v) is 12.2. The number of nitrogens with one attached hydrogen (secondary N) is 1. The van der Waals surface area contributed by atoms with E-state index < -0.39 is 0 Å².